The second-order valence-corrected chi connectivity index (χ2v) is 6.75. The zero-order chi connectivity index (χ0) is 19.0. The Morgan fingerprint density at radius 3 is 2.22 bits per heavy atom. The van der Waals surface area contributed by atoms with Crippen LogP contribution in [0.4, 0.5) is 0 Å². The fourth-order valence-corrected chi connectivity index (χ4v) is 3.49. The number of carboxylic acid groups (broad SMARTS) is 1. The molecule has 0 saturated heterocycles. The van der Waals surface area contributed by atoms with Gasteiger partial charge in [0.05, 0.1) is 22.2 Å². The highest BCUT2D eigenvalue weighted by Gasteiger charge is 2.23. The zero-order valence-corrected chi connectivity index (χ0v) is 15.6. The molecule has 0 aliphatic heterocycles. The lowest BCUT2D eigenvalue weighted by Crippen LogP contribution is -2.15. The molecule has 0 aliphatic rings. The van der Waals surface area contributed by atoms with Gasteiger partial charge in [-0.1, -0.05) is 42.5 Å². The molecular formula is C21H13BrN2O3. The molecule has 4 aromatic rings. The number of nitrogens with zero attached hydrogens (tertiary/aromatic N) is 2. The first-order valence-electron chi connectivity index (χ1n) is 8.17. The van der Waals surface area contributed by atoms with Gasteiger partial charge in [-0.2, -0.15) is 0 Å². The topological polar surface area (TPSA) is 72.2 Å². The van der Waals surface area contributed by atoms with Gasteiger partial charge in [-0.05, 0) is 46.3 Å². The fraction of sp³-hybridized carbons (Fsp3) is 0. The largest absolute Gasteiger partial charge is 0.478 e. The molecule has 4 rings (SSSR count). The van der Waals surface area contributed by atoms with Gasteiger partial charge in [0, 0.05) is 10.0 Å². The molecular weight excluding hydrogens is 408 g/mol. The van der Waals surface area contributed by atoms with E-state index in [1.54, 1.807) is 48.5 Å². The van der Waals surface area contributed by atoms with Crippen LogP contribution in [0, 0.1) is 0 Å². The van der Waals surface area contributed by atoms with E-state index < -0.39 is 5.97 Å². The molecule has 0 fully saturated rings. The summed E-state index contributed by atoms with van der Waals surface area (Å²) in [6, 6.07) is 20.9. The molecule has 27 heavy (non-hydrogen) atoms. The molecule has 0 unspecified atom stereocenters. The number of aromatic carboxylic acids is 1. The van der Waals surface area contributed by atoms with Gasteiger partial charge in [-0.3, -0.25) is 9.36 Å². The van der Waals surface area contributed by atoms with Gasteiger partial charge in [0.15, 0.2) is 0 Å². The van der Waals surface area contributed by atoms with Gasteiger partial charge in [-0.25, -0.2) is 9.78 Å². The fourth-order valence-electron chi connectivity index (χ4n) is 3.03. The molecule has 0 radical (unpaired) electrons. The summed E-state index contributed by atoms with van der Waals surface area (Å²) >= 11 is 3.42. The van der Waals surface area contributed by atoms with Crippen LogP contribution in [0.5, 0.6) is 0 Å². The van der Waals surface area contributed by atoms with Crippen LogP contribution in [-0.2, 0) is 0 Å². The first-order valence-corrected chi connectivity index (χ1v) is 8.96. The Morgan fingerprint density at radius 2 is 1.48 bits per heavy atom. The van der Waals surface area contributed by atoms with Crippen molar-refractivity contribution in [1.82, 2.24) is 9.55 Å². The van der Waals surface area contributed by atoms with E-state index in [-0.39, 0.29) is 11.5 Å². The average molecular weight is 421 g/mol. The molecule has 1 heterocycles. The Hall–Kier alpha value is -3.25. The first kappa shape index (κ1) is 17.2. The number of hydrogen-bond acceptors (Lipinski definition) is 3. The van der Waals surface area contributed by atoms with Gasteiger partial charge in [0.25, 0.3) is 5.91 Å². The summed E-state index contributed by atoms with van der Waals surface area (Å²) in [5, 5.41) is 9.56. The lowest BCUT2D eigenvalue weighted by Gasteiger charge is -2.11. The number of fused-ring (bicyclic) bond motifs is 1. The second-order valence-electron chi connectivity index (χ2n) is 5.90. The average Bonchev–Trinajstić information content (AvgIpc) is 3.07. The van der Waals surface area contributed by atoms with E-state index in [0.29, 0.717) is 32.5 Å². The third-order valence-corrected chi connectivity index (χ3v) is 4.96. The van der Waals surface area contributed by atoms with Crippen LogP contribution in [0.3, 0.4) is 0 Å². The third-order valence-electron chi connectivity index (χ3n) is 4.27. The number of hydrogen-bond donors (Lipinski definition) is 1. The molecule has 0 bridgehead atoms. The van der Waals surface area contributed by atoms with E-state index in [1.165, 1.54) is 10.6 Å². The second kappa shape index (κ2) is 6.81. The van der Waals surface area contributed by atoms with Crippen LogP contribution in [0.25, 0.3) is 22.4 Å². The summed E-state index contributed by atoms with van der Waals surface area (Å²) in [6.45, 7) is 0. The van der Waals surface area contributed by atoms with Gasteiger partial charge in [0.2, 0.25) is 0 Å². The molecule has 1 N–H and O–H groups in total. The number of rotatable bonds is 3. The van der Waals surface area contributed by atoms with Crippen LogP contribution < -0.4 is 0 Å². The predicted molar refractivity (Wildman–Crippen MR) is 106 cm³/mol. The van der Waals surface area contributed by atoms with Gasteiger partial charge >= 0.3 is 5.97 Å². The Kier molecular flexibility index (Phi) is 4.33. The van der Waals surface area contributed by atoms with E-state index in [9.17, 15) is 14.7 Å². The van der Waals surface area contributed by atoms with Crippen LogP contribution in [0.2, 0.25) is 0 Å². The van der Waals surface area contributed by atoms with Crippen LogP contribution in [0.15, 0.2) is 77.3 Å². The van der Waals surface area contributed by atoms with Crippen molar-refractivity contribution in [2.24, 2.45) is 0 Å². The number of imidazole rings is 1. The highest BCUT2D eigenvalue weighted by molar-refractivity contribution is 9.10. The number of carbonyl (C=O) groups is 2. The SMILES string of the molecule is O=C(O)c1ccccc1-c1nc2ccccc2n1C(=O)c1ccccc1Br. The molecule has 0 aliphatic carbocycles. The molecule has 1 aromatic heterocycles. The van der Waals surface area contributed by atoms with Crippen LogP contribution in [-0.4, -0.2) is 26.5 Å². The number of carbonyl (C=O) groups excluding carboxylic acids is 1. The van der Waals surface area contributed by atoms with Gasteiger partial charge < -0.3 is 5.11 Å². The van der Waals surface area contributed by atoms with Crippen molar-refractivity contribution < 1.29 is 14.7 Å². The summed E-state index contributed by atoms with van der Waals surface area (Å²) < 4.78 is 2.13. The number of benzene rings is 3. The van der Waals surface area contributed by atoms with Crippen molar-refractivity contribution in [3.8, 4) is 11.4 Å². The summed E-state index contributed by atoms with van der Waals surface area (Å²) in [5.74, 6) is -1.06. The van der Waals surface area contributed by atoms with Crippen molar-refractivity contribution in [2.75, 3.05) is 0 Å². The minimum absolute atomic E-state index is 0.0917. The van der Waals surface area contributed by atoms with Gasteiger partial charge in [0.1, 0.15) is 5.82 Å². The maximum atomic E-state index is 13.4. The Bertz CT molecular complexity index is 1200. The Labute approximate surface area is 163 Å². The minimum Gasteiger partial charge on any atom is -0.478 e. The van der Waals surface area contributed by atoms with Crippen molar-refractivity contribution in [3.63, 3.8) is 0 Å². The Morgan fingerprint density at radius 1 is 0.852 bits per heavy atom. The first-order chi connectivity index (χ1) is 13.1. The van der Waals surface area contributed by atoms with Crippen LogP contribution in [0.1, 0.15) is 20.7 Å². The molecule has 0 amide bonds. The summed E-state index contributed by atoms with van der Waals surface area (Å²) in [6.07, 6.45) is 0. The maximum Gasteiger partial charge on any atom is 0.336 e. The van der Waals surface area contributed by atoms with Crippen molar-refractivity contribution in [1.29, 1.82) is 0 Å². The zero-order valence-electron chi connectivity index (χ0n) is 14.0. The number of carboxylic acids is 1. The standard InChI is InChI=1S/C21H13BrN2O3/c22-16-10-4-3-9-15(16)20(25)24-18-12-6-5-11-17(18)23-19(24)13-7-1-2-8-14(13)21(26)27/h1-12H,(H,26,27). The number of aromatic nitrogens is 2. The van der Waals surface area contributed by atoms with E-state index in [4.69, 9.17) is 0 Å². The van der Waals surface area contributed by atoms with E-state index in [2.05, 4.69) is 20.9 Å². The molecule has 0 spiro atoms. The van der Waals surface area contributed by atoms with Crippen molar-refractivity contribution in [3.05, 3.63) is 88.4 Å². The lowest BCUT2D eigenvalue weighted by molar-refractivity contribution is 0.0697. The van der Waals surface area contributed by atoms with Gasteiger partial charge in [-0.15, -0.1) is 0 Å². The van der Waals surface area contributed by atoms with E-state index >= 15 is 0 Å². The highest BCUT2D eigenvalue weighted by atomic mass is 79.9. The Balaban J connectivity index is 2.04. The van der Waals surface area contributed by atoms with E-state index in [0.717, 1.165) is 0 Å². The molecule has 0 atom stereocenters. The smallest absolute Gasteiger partial charge is 0.336 e. The normalized spacial score (nSPS) is 10.9. The highest BCUT2D eigenvalue weighted by Crippen LogP contribution is 2.29. The molecule has 5 nitrogen and oxygen atoms in total. The summed E-state index contributed by atoms with van der Waals surface area (Å²) in [5.41, 5.74) is 2.19. The summed E-state index contributed by atoms with van der Waals surface area (Å²) in [4.78, 5) is 29.6. The summed E-state index contributed by atoms with van der Waals surface area (Å²) in [7, 11) is 0. The lowest BCUT2D eigenvalue weighted by atomic mass is 10.1. The van der Waals surface area contributed by atoms with Crippen LogP contribution >= 0.6 is 15.9 Å². The van der Waals surface area contributed by atoms with E-state index in [1.807, 2.05) is 18.2 Å². The maximum absolute atomic E-state index is 13.4. The molecule has 6 heteroatoms. The predicted octanol–water partition coefficient (Wildman–Crippen LogP) is 4.85. The minimum atomic E-state index is -1.07. The molecule has 0 saturated carbocycles. The third kappa shape index (κ3) is 2.94. The quantitative estimate of drug-likeness (QED) is 0.513. The number of para-hydroxylation sites is 2. The molecule has 132 valence electrons. The number of halogens is 1. The molecule has 3 aromatic carbocycles. The monoisotopic (exact) mass is 420 g/mol. The van der Waals surface area contributed by atoms with Crippen molar-refractivity contribution >= 4 is 38.8 Å². The van der Waals surface area contributed by atoms with Crippen molar-refractivity contribution in [2.45, 2.75) is 0 Å².